The molecule has 5 heteroatoms. The number of hydrogen-bond donors (Lipinski definition) is 1. The Kier molecular flexibility index (Phi) is 3.99. The van der Waals surface area contributed by atoms with Crippen LogP contribution in [0, 0.1) is 22.5 Å². The summed E-state index contributed by atoms with van der Waals surface area (Å²) >= 11 is 0. The van der Waals surface area contributed by atoms with E-state index in [1.165, 1.54) is 0 Å². The summed E-state index contributed by atoms with van der Waals surface area (Å²) in [5, 5.41) is 11.1. The van der Waals surface area contributed by atoms with Gasteiger partial charge in [0, 0.05) is 23.9 Å². The molecule has 2 atom stereocenters. The third kappa shape index (κ3) is 2.26. The Hall–Kier alpha value is -1.62. The van der Waals surface area contributed by atoms with E-state index in [1.54, 1.807) is 12.1 Å². The van der Waals surface area contributed by atoms with Gasteiger partial charge in [-0.15, -0.1) is 0 Å². The zero-order valence-electron chi connectivity index (χ0n) is 12.3. The summed E-state index contributed by atoms with van der Waals surface area (Å²) < 4.78 is 5.94. The number of hydrogen-bond acceptors (Lipinski definition) is 4. The third-order valence-corrected chi connectivity index (χ3v) is 4.74. The molecular formula is C15H22N2O3. The predicted octanol–water partition coefficient (Wildman–Crippen LogP) is 3.19. The molecule has 1 aromatic carbocycles. The average Bonchev–Trinajstić information content (AvgIpc) is 2.41. The first kappa shape index (κ1) is 14.8. The summed E-state index contributed by atoms with van der Waals surface area (Å²) in [4.78, 5) is 10.7. The highest BCUT2D eigenvalue weighted by Gasteiger charge is 2.52. The van der Waals surface area contributed by atoms with Gasteiger partial charge in [0.15, 0.2) is 5.75 Å². The maximum Gasteiger partial charge on any atom is 0.311 e. The molecule has 0 amide bonds. The lowest BCUT2D eigenvalue weighted by Crippen LogP contribution is -2.62. The van der Waals surface area contributed by atoms with Gasteiger partial charge in [0.1, 0.15) is 6.10 Å². The van der Waals surface area contributed by atoms with E-state index in [2.05, 4.69) is 13.8 Å². The Morgan fingerprint density at radius 2 is 2.10 bits per heavy atom. The standard InChI is InChI=1S/C15H22N2O3/c1-4-15(5-2)13(16)9-14(15)20-12-7-6-10(3)8-11(12)17(18)19/h6-8,13-14H,4-5,9,16H2,1-3H3. The lowest BCUT2D eigenvalue weighted by atomic mass is 9.59. The fraction of sp³-hybridized carbons (Fsp3) is 0.600. The lowest BCUT2D eigenvalue weighted by Gasteiger charge is -2.53. The molecule has 0 aliphatic heterocycles. The molecule has 1 aliphatic carbocycles. The van der Waals surface area contributed by atoms with E-state index < -0.39 is 0 Å². The topological polar surface area (TPSA) is 78.4 Å². The van der Waals surface area contributed by atoms with Gasteiger partial charge in [0.2, 0.25) is 0 Å². The molecule has 5 nitrogen and oxygen atoms in total. The van der Waals surface area contributed by atoms with Crippen molar-refractivity contribution >= 4 is 5.69 Å². The minimum Gasteiger partial charge on any atom is -0.483 e. The Balaban J connectivity index is 2.25. The molecule has 110 valence electrons. The van der Waals surface area contributed by atoms with Crippen molar-refractivity contribution in [2.75, 3.05) is 0 Å². The molecule has 2 N–H and O–H groups in total. The minimum absolute atomic E-state index is 0.0334. The van der Waals surface area contributed by atoms with Crippen LogP contribution in [0.4, 0.5) is 5.69 Å². The zero-order valence-corrected chi connectivity index (χ0v) is 12.3. The molecule has 20 heavy (non-hydrogen) atoms. The molecule has 2 unspecified atom stereocenters. The zero-order chi connectivity index (χ0) is 14.9. The summed E-state index contributed by atoms with van der Waals surface area (Å²) in [6.07, 6.45) is 2.57. The van der Waals surface area contributed by atoms with Crippen LogP contribution in [0.5, 0.6) is 5.75 Å². The van der Waals surface area contributed by atoms with Crippen LogP contribution in [0.25, 0.3) is 0 Å². The predicted molar refractivity (Wildman–Crippen MR) is 77.9 cm³/mol. The van der Waals surface area contributed by atoms with Crippen molar-refractivity contribution in [1.29, 1.82) is 0 Å². The van der Waals surface area contributed by atoms with Crippen molar-refractivity contribution in [3.8, 4) is 5.75 Å². The first-order valence-electron chi connectivity index (χ1n) is 7.12. The van der Waals surface area contributed by atoms with Gasteiger partial charge < -0.3 is 10.5 Å². The normalized spacial score (nSPS) is 24.0. The molecule has 1 saturated carbocycles. The number of nitrogens with two attached hydrogens (primary N) is 1. The summed E-state index contributed by atoms with van der Waals surface area (Å²) in [7, 11) is 0. The molecule has 2 rings (SSSR count). The van der Waals surface area contributed by atoms with E-state index >= 15 is 0 Å². The number of nitrogens with zero attached hydrogens (tertiary/aromatic N) is 1. The second kappa shape index (κ2) is 5.40. The maximum absolute atomic E-state index is 11.1. The monoisotopic (exact) mass is 278 g/mol. The summed E-state index contributed by atoms with van der Waals surface area (Å²) in [5.74, 6) is 0.351. The van der Waals surface area contributed by atoms with Gasteiger partial charge in [-0.1, -0.05) is 19.9 Å². The Morgan fingerprint density at radius 1 is 1.45 bits per heavy atom. The van der Waals surface area contributed by atoms with Crippen LogP contribution in [-0.2, 0) is 0 Å². The largest absolute Gasteiger partial charge is 0.483 e. The number of nitro benzene ring substituents is 1. The van der Waals surface area contributed by atoms with Crippen molar-refractivity contribution in [3.05, 3.63) is 33.9 Å². The quantitative estimate of drug-likeness (QED) is 0.662. The van der Waals surface area contributed by atoms with Crippen LogP contribution in [0.1, 0.15) is 38.7 Å². The molecule has 1 aliphatic rings. The fourth-order valence-corrected chi connectivity index (χ4v) is 3.20. The van der Waals surface area contributed by atoms with Crippen LogP contribution in [0.2, 0.25) is 0 Å². The molecular weight excluding hydrogens is 256 g/mol. The van der Waals surface area contributed by atoms with Crippen LogP contribution in [0.3, 0.4) is 0 Å². The highest BCUT2D eigenvalue weighted by Crippen LogP contribution is 2.48. The van der Waals surface area contributed by atoms with E-state index in [1.807, 2.05) is 13.0 Å². The van der Waals surface area contributed by atoms with Gasteiger partial charge in [0.05, 0.1) is 4.92 Å². The van der Waals surface area contributed by atoms with E-state index in [9.17, 15) is 10.1 Å². The van der Waals surface area contributed by atoms with Gasteiger partial charge in [0.25, 0.3) is 0 Å². The second-order valence-corrected chi connectivity index (χ2v) is 5.62. The van der Waals surface area contributed by atoms with E-state index in [0.717, 1.165) is 24.8 Å². The van der Waals surface area contributed by atoms with Gasteiger partial charge in [-0.25, -0.2) is 0 Å². The highest BCUT2D eigenvalue weighted by molar-refractivity contribution is 5.48. The number of aryl methyl sites for hydroxylation is 1. The van der Waals surface area contributed by atoms with Gasteiger partial charge in [-0.3, -0.25) is 10.1 Å². The molecule has 0 spiro atoms. The average molecular weight is 278 g/mol. The second-order valence-electron chi connectivity index (χ2n) is 5.62. The van der Waals surface area contributed by atoms with E-state index in [-0.39, 0.29) is 28.2 Å². The lowest BCUT2D eigenvalue weighted by molar-refractivity contribution is -0.386. The van der Waals surface area contributed by atoms with Crippen molar-refractivity contribution in [2.24, 2.45) is 11.1 Å². The fourth-order valence-electron chi connectivity index (χ4n) is 3.20. The van der Waals surface area contributed by atoms with Crippen molar-refractivity contribution in [1.82, 2.24) is 0 Å². The molecule has 0 heterocycles. The minimum atomic E-state index is -0.388. The Labute approximate surface area is 119 Å². The number of benzene rings is 1. The highest BCUT2D eigenvalue weighted by atomic mass is 16.6. The summed E-state index contributed by atoms with van der Waals surface area (Å²) in [6.45, 7) is 6.03. The van der Waals surface area contributed by atoms with Crippen molar-refractivity contribution in [3.63, 3.8) is 0 Å². The number of rotatable bonds is 5. The van der Waals surface area contributed by atoms with Crippen LogP contribution >= 0.6 is 0 Å². The van der Waals surface area contributed by atoms with Crippen LogP contribution in [0.15, 0.2) is 18.2 Å². The maximum atomic E-state index is 11.1. The molecule has 1 fully saturated rings. The smallest absolute Gasteiger partial charge is 0.311 e. The molecule has 0 aromatic heterocycles. The molecule has 0 saturated heterocycles. The first-order valence-corrected chi connectivity index (χ1v) is 7.12. The molecule has 1 aromatic rings. The Bertz CT molecular complexity index is 512. The molecule has 0 radical (unpaired) electrons. The van der Waals surface area contributed by atoms with E-state index in [4.69, 9.17) is 10.5 Å². The third-order valence-electron chi connectivity index (χ3n) is 4.74. The van der Waals surface area contributed by atoms with Crippen LogP contribution in [-0.4, -0.2) is 17.1 Å². The first-order chi connectivity index (χ1) is 9.44. The van der Waals surface area contributed by atoms with Crippen molar-refractivity contribution < 1.29 is 9.66 Å². The van der Waals surface area contributed by atoms with Gasteiger partial charge >= 0.3 is 5.69 Å². The Morgan fingerprint density at radius 3 is 2.60 bits per heavy atom. The van der Waals surface area contributed by atoms with Crippen molar-refractivity contribution in [2.45, 2.75) is 52.2 Å². The van der Waals surface area contributed by atoms with Gasteiger partial charge in [-0.2, -0.15) is 0 Å². The SMILES string of the molecule is CCC1(CC)C(N)CC1Oc1ccc(C)cc1[N+](=O)[O-]. The summed E-state index contributed by atoms with van der Waals surface area (Å²) in [6, 6.07) is 5.19. The number of ether oxygens (including phenoxy) is 1. The number of nitro groups is 1. The summed E-state index contributed by atoms with van der Waals surface area (Å²) in [5.41, 5.74) is 6.96. The van der Waals surface area contributed by atoms with Crippen LogP contribution < -0.4 is 10.5 Å². The molecule has 0 bridgehead atoms. The van der Waals surface area contributed by atoms with Gasteiger partial charge in [-0.05, 0) is 31.4 Å². The van der Waals surface area contributed by atoms with E-state index in [0.29, 0.717) is 5.75 Å².